The molecule has 0 fully saturated rings. The van der Waals surface area contributed by atoms with Gasteiger partial charge in [0.2, 0.25) is 0 Å². The maximum atomic E-state index is 13.9. The molecule has 0 aliphatic rings. The molecule has 5 heteroatoms. The monoisotopic (exact) mass is 325 g/mol. The molecule has 1 atom stereocenters. The highest BCUT2D eigenvalue weighted by Crippen LogP contribution is 2.29. The van der Waals surface area contributed by atoms with Crippen LogP contribution < -0.4 is 10.1 Å². The molecule has 0 aliphatic carbocycles. The standard InChI is InChI=1S/C17H21ClFNO2/c1-4-7-12(6-3)11-20-17(21)13-9-14(18)16(15(19)10-13)22-8-5-2/h2,9-10,12H,4,6-8,11H2,1,3H3,(H,20,21). The van der Waals surface area contributed by atoms with Crippen LogP contribution in [0.4, 0.5) is 4.39 Å². The van der Waals surface area contributed by atoms with Crippen molar-refractivity contribution < 1.29 is 13.9 Å². The minimum atomic E-state index is -0.700. The van der Waals surface area contributed by atoms with E-state index in [2.05, 4.69) is 25.1 Å². The lowest BCUT2D eigenvalue weighted by atomic mass is 10.0. The highest BCUT2D eigenvalue weighted by atomic mass is 35.5. The normalized spacial score (nSPS) is 11.6. The van der Waals surface area contributed by atoms with Crippen molar-refractivity contribution in [1.82, 2.24) is 5.32 Å². The Morgan fingerprint density at radius 2 is 2.23 bits per heavy atom. The summed E-state index contributed by atoms with van der Waals surface area (Å²) in [6, 6.07) is 2.49. The van der Waals surface area contributed by atoms with Crippen molar-refractivity contribution in [1.29, 1.82) is 0 Å². The van der Waals surface area contributed by atoms with Gasteiger partial charge in [-0.25, -0.2) is 4.39 Å². The molecule has 1 unspecified atom stereocenters. The predicted octanol–water partition coefficient (Wildman–Crippen LogP) is 4.05. The van der Waals surface area contributed by atoms with Gasteiger partial charge in [0.05, 0.1) is 5.02 Å². The molecule has 0 aliphatic heterocycles. The highest BCUT2D eigenvalue weighted by Gasteiger charge is 2.16. The number of terminal acetylenes is 1. The molecule has 3 nitrogen and oxygen atoms in total. The van der Waals surface area contributed by atoms with E-state index in [1.807, 2.05) is 0 Å². The Labute approximate surface area is 136 Å². The molecule has 120 valence electrons. The van der Waals surface area contributed by atoms with Crippen LogP contribution in [0.2, 0.25) is 5.02 Å². The fraction of sp³-hybridized carbons (Fsp3) is 0.471. The zero-order chi connectivity index (χ0) is 16.5. The SMILES string of the molecule is C#CCOc1c(F)cc(C(=O)NCC(CC)CCC)cc1Cl. The topological polar surface area (TPSA) is 38.3 Å². The van der Waals surface area contributed by atoms with E-state index in [0.29, 0.717) is 12.5 Å². The van der Waals surface area contributed by atoms with Gasteiger partial charge in [-0.1, -0.05) is 44.2 Å². The third-order valence-electron chi connectivity index (χ3n) is 3.39. The molecule has 1 rings (SSSR count). The smallest absolute Gasteiger partial charge is 0.251 e. The zero-order valence-electron chi connectivity index (χ0n) is 12.9. The maximum Gasteiger partial charge on any atom is 0.251 e. The summed E-state index contributed by atoms with van der Waals surface area (Å²) in [6.07, 6.45) is 8.16. The van der Waals surface area contributed by atoms with Gasteiger partial charge in [0.15, 0.2) is 11.6 Å². The number of rotatable bonds is 8. The summed E-state index contributed by atoms with van der Waals surface area (Å²) < 4.78 is 18.9. The first-order chi connectivity index (χ1) is 10.5. The van der Waals surface area contributed by atoms with Crippen LogP contribution in [0.15, 0.2) is 12.1 Å². The van der Waals surface area contributed by atoms with E-state index in [0.717, 1.165) is 25.3 Å². The first kappa shape index (κ1) is 18.3. The minimum absolute atomic E-state index is 0.0287. The summed E-state index contributed by atoms with van der Waals surface area (Å²) in [5.74, 6) is 1.48. The number of ether oxygens (including phenoxy) is 1. The van der Waals surface area contributed by atoms with Gasteiger partial charge in [-0.15, -0.1) is 6.42 Å². The summed E-state index contributed by atoms with van der Waals surface area (Å²) in [6.45, 7) is 4.67. The van der Waals surface area contributed by atoms with Gasteiger partial charge in [0, 0.05) is 12.1 Å². The van der Waals surface area contributed by atoms with E-state index in [-0.39, 0.29) is 28.8 Å². The van der Waals surface area contributed by atoms with Crippen molar-refractivity contribution in [3.63, 3.8) is 0 Å². The number of halogens is 2. The van der Waals surface area contributed by atoms with Crippen LogP contribution in [0, 0.1) is 24.1 Å². The molecule has 1 aromatic carbocycles. The molecule has 0 bridgehead atoms. The third-order valence-corrected chi connectivity index (χ3v) is 3.67. The number of carbonyl (C=O) groups excluding carboxylic acids is 1. The second-order valence-corrected chi connectivity index (χ2v) is 5.44. The van der Waals surface area contributed by atoms with Gasteiger partial charge in [-0.2, -0.15) is 0 Å². The summed E-state index contributed by atoms with van der Waals surface area (Å²) in [5, 5.41) is 2.84. The average Bonchev–Trinajstić information content (AvgIpc) is 2.50. The van der Waals surface area contributed by atoms with Crippen molar-refractivity contribution in [2.24, 2.45) is 5.92 Å². The molecule has 1 aromatic rings. The second kappa shape index (κ2) is 9.32. The van der Waals surface area contributed by atoms with Gasteiger partial charge in [-0.3, -0.25) is 4.79 Å². The Hall–Kier alpha value is -1.73. The third kappa shape index (κ3) is 5.23. The van der Waals surface area contributed by atoms with Crippen molar-refractivity contribution in [3.05, 3.63) is 28.5 Å². The Bertz CT molecular complexity index is 531. The quantitative estimate of drug-likeness (QED) is 0.732. The molecule has 0 aromatic heterocycles. The van der Waals surface area contributed by atoms with Gasteiger partial charge >= 0.3 is 0 Å². The lowest BCUT2D eigenvalue weighted by molar-refractivity contribution is 0.0945. The van der Waals surface area contributed by atoms with Gasteiger partial charge in [0.1, 0.15) is 6.61 Å². The summed E-state index contributed by atoms with van der Waals surface area (Å²) >= 11 is 5.94. The number of nitrogens with one attached hydrogen (secondary N) is 1. The van der Waals surface area contributed by atoms with Crippen LogP contribution in [-0.4, -0.2) is 19.1 Å². The van der Waals surface area contributed by atoms with Crippen molar-refractivity contribution >= 4 is 17.5 Å². The van der Waals surface area contributed by atoms with Crippen LogP contribution in [0.3, 0.4) is 0 Å². The fourth-order valence-corrected chi connectivity index (χ4v) is 2.40. The van der Waals surface area contributed by atoms with Crippen LogP contribution in [0.5, 0.6) is 5.75 Å². The average molecular weight is 326 g/mol. The Morgan fingerprint density at radius 1 is 1.50 bits per heavy atom. The Kier molecular flexibility index (Phi) is 7.76. The van der Waals surface area contributed by atoms with Crippen LogP contribution in [0.1, 0.15) is 43.5 Å². The molecular weight excluding hydrogens is 305 g/mol. The number of carbonyl (C=O) groups is 1. The molecule has 1 amide bonds. The van der Waals surface area contributed by atoms with Crippen molar-refractivity contribution in [2.75, 3.05) is 13.2 Å². The van der Waals surface area contributed by atoms with E-state index in [1.165, 1.54) is 6.07 Å². The molecular formula is C17H21ClFNO2. The second-order valence-electron chi connectivity index (χ2n) is 5.03. The first-order valence-corrected chi connectivity index (χ1v) is 7.74. The van der Waals surface area contributed by atoms with E-state index in [9.17, 15) is 9.18 Å². The minimum Gasteiger partial charge on any atom is -0.476 e. The van der Waals surface area contributed by atoms with Crippen LogP contribution in [-0.2, 0) is 0 Å². The van der Waals surface area contributed by atoms with Crippen molar-refractivity contribution in [3.8, 4) is 18.1 Å². The van der Waals surface area contributed by atoms with Crippen molar-refractivity contribution in [2.45, 2.75) is 33.1 Å². The summed E-state index contributed by atoms with van der Waals surface area (Å²) in [7, 11) is 0. The van der Waals surface area contributed by atoms with Crippen LogP contribution >= 0.6 is 11.6 Å². The Morgan fingerprint density at radius 3 is 2.77 bits per heavy atom. The lowest BCUT2D eigenvalue weighted by Crippen LogP contribution is -2.29. The zero-order valence-corrected chi connectivity index (χ0v) is 13.7. The number of benzene rings is 1. The molecule has 22 heavy (non-hydrogen) atoms. The molecule has 1 N–H and O–H groups in total. The molecule has 0 saturated carbocycles. The maximum absolute atomic E-state index is 13.9. The van der Waals surface area contributed by atoms with E-state index in [4.69, 9.17) is 22.8 Å². The molecule has 0 saturated heterocycles. The molecule has 0 radical (unpaired) electrons. The summed E-state index contributed by atoms with van der Waals surface area (Å²) in [5.41, 5.74) is 0.168. The van der Waals surface area contributed by atoms with Crippen LogP contribution in [0.25, 0.3) is 0 Å². The number of hydrogen-bond acceptors (Lipinski definition) is 2. The predicted molar refractivity (Wildman–Crippen MR) is 86.8 cm³/mol. The lowest BCUT2D eigenvalue weighted by Gasteiger charge is -2.15. The van der Waals surface area contributed by atoms with E-state index in [1.54, 1.807) is 0 Å². The first-order valence-electron chi connectivity index (χ1n) is 7.36. The van der Waals surface area contributed by atoms with Gasteiger partial charge < -0.3 is 10.1 Å². The number of amides is 1. The van der Waals surface area contributed by atoms with Gasteiger partial charge in [0.25, 0.3) is 5.91 Å². The van der Waals surface area contributed by atoms with Gasteiger partial charge in [-0.05, 0) is 24.5 Å². The molecule has 0 heterocycles. The van der Waals surface area contributed by atoms with E-state index < -0.39 is 5.82 Å². The largest absolute Gasteiger partial charge is 0.476 e. The number of hydrogen-bond donors (Lipinski definition) is 1. The van der Waals surface area contributed by atoms with E-state index >= 15 is 0 Å². The highest BCUT2D eigenvalue weighted by molar-refractivity contribution is 6.32. The fourth-order valence-electron chi connectivity index (χ4n) is 2.14. The molecule has 0 spiro atoms. The Balaban J connectivity index is 2.76. The summed E-state index contributed by atoms with van der Waals surface area (Å²) in [4.78, 5) is 12.1.